The van der Waals surface area contributed by atoms with Crippen molar-refractivity contribution in [3.8, 4) is 0 Å². The first-order valence-corrected chi connectivity index (χ1v) is 4.93. The maximum atomic E-state index is 10.2. The van der Waals surface area contributed by atoms with Crippen molar-refractivity contribution in [1.82, 2.24) is 0 Å². The van der Waals surface area contributed by atoms with Crippen LogP contribution in [0.25, 0.3) is 0 Å². The Kier molecular flexibility index (Phi) is 4.06. The molecule has 0 atom stereocenters. The number of hydrogen-bond acceptors (Lipinski definition) is 1. The molecule has 0 radical (unpaired) electrons. The lowest BCUT2D eigenvalue weighted by molar-refractivity contribution is -0.108. The molecule has 0 aromatic heterocycles. The highest BCUT2D eigenvalue weighted by molar-refractivity contribution is 5.49. The summed E-state index contributed by atoms with van der Waals surface area (Å²) in [7, 11) is 0. The largest absolute Gasteiger partial charge is 0.303 e. The van der Waals surface area contributed by atoms with Gasteiger partial charge in [0.05, 0.1) is 0 Å². The molecule has 0 aromatic carbocycles. The van der Waals surface area contributed by atoms with Crippen molar-refractivity contribution in [3.63, 3.8) is 0 Å². The van der Waals surface area contributed by atoms with Crippen LogP contribution in [0, 0.1) is 11.8 Å². The zero-order valence-corrected chi connectivity index (χ0v) is 7.67. The lowest BCUT2D eigenvalue weighted by atomic mass is 9.80. The van der Waals surface area contributed by atoms with Crippen LogP contribution in [-0.2, 0) is 4.79 Å². The van der Waals surface area contributed by atoms with Crippen molar-refractivity contribution in [3.05, 3.63) is 12.7 Å². The third-order valence-electron chi connectivity index (χ3n) is 2.92. The Hall–Kier alpha value is -0.590. The Bertz CT molecular complexity index is 143. The minimum Gasteiger partial charge on any atom is -0.303 e. The predicted octanol–water partition coefficient (Wildman–Crippen LogP) is 2.96. The van der Waals surface area contributed by atoms with E-state index in [0.29, 0.717) is 0 Å². The molecule has 0 amide bonds. The van der Waals surface area contributed by atoms with Crippen LogP contribution >= 0.6 is 0 Å². The number of aldehydes is 1. The van der Waals surface area contributed by atoms with E-state index in [4.69, 9.17) is 0 Å². The summed E-state index contributed by atoms with van der Waals surface area (Å²) in [5.41, 5.74) is 0. The second kappa shape index (κ2) is 5.13. The summed E-state index contributed by atoms with van der Waals surface area (Å²) in [4.78, 5) is 10.2. The monoisotopic (exact) mass is 166 g/mol. The van der Waals surface area contributed by atoms with Crippen molar-refractivity contribution in [2.75, 3.05) is 0 Å². The van der Waals surface area contributed by atoms with Gasteiger partial charge in [0, 0.05) is 6.42 Å². The average Bonchev–Trinajstić information content (AvgIpc) is 2.15. The van der Waals surface area contributed by atoms with Crippen LogP contribution in [-0.4, -0.2) is 6.29 Å². The average molecular weight is 166 g/mol. The summed E-state index contributed by atoms with van der Waals surface area (Å²) >= 11 is 0. The molecular weight excluding hydrogens is 148 g/mol. The Morgan fingerprint density at radius 3 is 2.42 bits per heavy atom. The van der Waals surface area contributed by atoms with Gasteiger partial charge in [0.15, 0.2) is 0 Å². The van der Waals surface area contributed by atoms with Gasteiger partial charge in [-0.15, -0.1) is 6.58 Å². The van der Waals surface area contributed by atoms with Crippen LogP contribution in [0.5, 0.6) is 0 Å². The molecule has 0 N–H and O–H groups in total. The van der Waals surface area contributed by atoms with Gasteiger partial charge in [-0.2, -0.15) is 0 Å². The molecule has 12 heavy (non-hydrogen) atoms. The molecule has 0 aliphatic heterocycles. The molecule has 0 heterocycles. The van der Waals surface area contributed by atoms with Gasteiger partial charge in [-0.25, -0.2) is 0 Å². The van der Waals surface area contributed by atoms with Crippen LogP contribution < -0.4 is 0 Å². The Morgan fingerprint density at radius 1 is 1.25 bits per heavy atom. The Morgan fingerprint density at radius 2 is 1.92 bits per heavy atom. The second-order valence-corrected chi connectivity index (χ2v) is 3.76. The molecule has 1 aliphatic carbocycles. The number of allylic oxidation sites excluding steroid dienone is 1. The van der Waals surface area contributed by atoms with Crippen LogP contribution in [0.2, 0.25) is 0 Å². The lowest BCUT2D eigenvalue weighted by Crippen LogP contribution is -2.12. The second-order valence-electron chi connectivity index (χ2n) is 3.76. The minimum atomic E-state index is 0.748. The summed E-state index contributed by atoms with van der Waals surface area (Å²) in [5, 5.41) is 0. The quantitative estimate of drug-likeness (QED) is 0.463. The Balaban J connectivity index is 2.16. The number of rotatable bonds is 4. The molecule has 1 nitrogen and oxygen atoms in total. The first-order valence-electron chi connectivity index (χ1n) is 4.93. The third-order valence-corrected chi connectivity index (χ3v) is 2.92. The van der Waals surface area contributed by atoms with Crippen LogP contribution in [0.15, 0.2) is 12.7 Å². The summed E-state index contributed by atoms with van der Waals surface area (Å²) < 4.78 is 0. The summed E-state index contributed by atoms with van der Waals surface area (Å²) in [6.45, 7) is 3.82. The van der Waals surface area contributed by atoms with Gasteiger partial charge in [0.1, 0.15) is 6.29 Å². The van der Waals surface area contributed by atoms with E-state index >= 15 is 0 Å². The molecule has 1 fully saturated rings. The van der Waals surface area contributed by atoms with E-state index in [1.165, 1.54) is 25.7 Å². The maximum absolute atomic E-state index is 10.2. The van der Waals surface area contributed by atoms with Crippen molar-refractivity contribution in [2.45, 2.75) is 38.5 Å². The van der Waals surface area contributed by atoms with E-state index in [1.807, 2.05) is 0 Å². The van der Waals surface area contributed by atoms with Gasteiger partial charge >= 0.3 is 0 Å². The molecule has 1 heteroatoms. The van der Waals surface area contributed by atoms with Crippen molar-refractivity contribution >= 4 is 6.29 Å². The highest BCUT2D eigenvalue weighted by Crippen LogP contribution is 2.31. The van der Waals surface area contributed by atoms with Gasteiger partial charge in [0.2, 0.25) is 0 Å². The zero-order valence-electron chi connectivity index (χ0n) is 7.67. The normalized spacial score (nSPS) is 29.7. The summed E-state index contributed by atoms with van der Waals surface area (Å²) in [6.07, 6.45) is 10.1. The van der Waals surface area contributed by atoms with E-state index in [-0.39, 0.29) is 0 Å². The standard InChI is InChI=1S/C11H18O/c1-2-10-5-7-11(8-6-10)4-3-9-12/h2,9-11H,1,3-8H2. The van der Waals surface area contributed by atoms with E-state index in [2.05, 4.69) is 12.7 Å². The minimum absolute atomic E-state index is 0.748. The lowest BCUT2D eigenvalue weighted by Gasteiger charge is -2.25. The molecular formula is C11H18O. The number of carbonyl (C=O) groups excluding carboxylic acids is 1. The van der Waals surface area contributed by atoms with E-state index < -0.39 is 0 Å². The number of carbonyl (C=O) groups is 1. The molecule has 0 unspecified atom stereocenters. The molecule has 0 spiro atoms. The fourth-order valence-electron chi connectivity index (χ4n) is 2.02. The molecule has 1 rings (SSSR count). The van der Waals surface area contributed by atoms with Crippen molar-refractivity contribution in [1.29, 1.82) is 0 Å². The first-order chi connectivity index (χ1) is 5.86. The molecule has 0 bridgehead atoms. The molecule has 0 aromatic rings. The topological polar surface area (TPSA) is 17.1 Å². The highest BCUT2D eigenvalue weighted by atomic mass is 16.1. The first kappa shape index (κ1) is 9.50. The van der Waals surface area contributed by atoms with Crippen molar-refractivity contribution in [2.24, 2.45) is 11.8 Å². The van der Waals surface area contributed by atoms with E-state index in [0.717, 1.165) is 31.0 Å². The van der Waals surface area contributed by atoms with Crippen LogP contribution in [0.4, 0.5) is 0 Å². The van der Waals surface area contributed by atoms with E-state index in [9.17, 15) is 4.79 Å². The van der Waals surface area contributed by atoms with E-state index in [1.54, 1.807) is 0 Å². The van der Waals surface area contributed by atoms with Crippen LogP contribution in [0.3, 0.4) is 0 Å². The van der Waals surface area contributed by atoms with Crippen molar-refractivity contribution < 1.29 is 4.79 Å². The predicted molar refractivity (Wildman–Crippen MR) is 50.9 cm³/mol. The summed E-state index contributed by atoms with van der Waals surface area (Å²) in [6, 6.07) is 0. The van der Waals surface area contributed by atoms with Gasteiger partial charge in [-0.3, -0.25) is 0 Å². The molecule has 68 valence electrons. The van der Waals surface area contributed by atoms with Gasteiger partial charge in [0.25, 0.3) is 0 Å². The third kappa shape index (κ3) is 2.80. The van der Waals surface area contributed by atoms with Gasteiger partial charge in [-0.1, -0.05) is 6.08 Å². The summed E-state index contributed by atoms with van der Waals surface area (Å²) in [5.74, 6) is 1.56. The van der Waals surface area contributed by atoms with Gasteiger partial charge < -0.3 is 4.79 Å². The van der Waals surface area contributed by atoms with Gasteiger partial charge in [-0.05, 0) is 43.9 Å². The molecule has 1 saturated carbocycles. The molecule has 1 aliphatic rings. The fourth-order valence-corrected chi connectivity index (χ4v) is 2.02. The fraction of sp³-hybridized carbons (Fsp3) is 0.727. The number of hydrogen-bond donors (Lipinski definition) is 0. The SMILES string of the molecule is C=CC1CCC(CCC=O)CC1. The van der Waals surface area contributed by atoms with Crippen LogP contribution in [0.1, 0.15) is 38.5 Å². The Labute approximate surface area is 74.9 Å². The highest BCUT2D eigenvalue weighted by Gasteiger charge is 2.18. The maximum Gasteiger partial charge on any atom is 0.120 e. The molecule has 0 saturated heterocycles. The zero-order chi connectivity index (χ0) is 8.81. The smallest absolute Gasteiger partial charge is 0.120 e.